The van der Waals surface area contributed by atoms with Crippen LogP contribution >= 0.6 is 30.0 Å². The molecule has 0 aliphatic carbocycles. The molecule has 0 N–H and O–H groups in total. The molecule has 0 radical (unpaired) electrons. The Bertz CT molecular complexity index is 2150. The molecule has 0 spiro atoms. The molecule has 0 saturated carbocycles. The zero-order chi connectivity index (χ0) is 40.6. The minimum absolute atomic E-state index is 0.00361. The second kappa shape index (κ2) is 18.6. The summed E-state index contributed by atoms with van der Waals surface area (Å²) in [6.07, 6.45) is -0.786. The molecule has 2 heterocycles. The maximum Gasteiger partial charge on any atom is 0.356 e. The molecule has 4 aromatic carbocycles. The van der Waals surface area contributed by atoms with E-state index in [0.717, 1.165) is 21.5 Å². The Labute approximate surface area is 343 Å². The summed E-state index contributed by atoms with van der Waals surface area (Å²) in [5.74, 6) is -2.41. The van der Waals surface area contributed by atoms with Gasteiger partial charge in [-0.3, -0.25) is 9.59 Å². The van der Waals surface area contributed by atoms with Crippen molar-refractivity contribution in [3.63, 3.8) is 0 Å². The fraction of sp³-hybridized carbons (Fsp3) is 0.279. The second-order valence-electron chi connectivity index (χ2n) is 14.5. The number of hydrogen-bond donors (Lipinski definition) is 0. The minimum Gasteiger partial charge on any atom is -0.497 e. The van der Waals surface area contributed by atoms with Crippen molar-refractivity contribution >= 4 is 77.3 Å². The van der Waals surface area contributed by atoms with Crippen molar-refractivity contribution < 1.29 is 28.3 Å². The Kier molecular flexibility index (Phi) is 13.6. The van der Waals surface area contributed by atoms with E-state index in [2.05, 4.69) is 16.3 Å². The SMILES string of the molecule is COc1ccc(COC(=O)C(N2C(=O)[C@H]([C@@H](C)O[Si](C)(C)C)[C@H]2[C@H](CC#N)C(=O)CSc2nncs2)=P(c2ccccc2)(c2ccccc2)c2ccccc2)cc1. The third kappa shape index (κ3) is 9.17. The van der Waals surface area contributed by atoms with Gasteiger partial charge in [0.25, 0.3) is 0 Å². The first-order valence-corrected chi connectivity index (χ1v) is 25.6. The average Bonchev–Trinajstić information content (AvgIpc) is 3.75. The Balaban J connectivity index is 1.64. The van der Waals surface area contributed by atoms with Crippen LogP contribution in [0.2, 0.25) is 19.6 Å². The Morgan fingerprint density at radius 1 is 0.912 bits per heavy atom. The molecule has 4 atom stereocenters. The van der Waals surface area contributed by atoms with E-state index in [1.165, 1.54) is 28.0 Å². The number of thioether (sulfide) groups is 1. The molecule has 294 valence electrons. The summed E-state index contributed by atoms with van der Waals surface area (Å²) in [5.41, 5.74) is 2.45. The summed E-state index contributed by atoms with van der Waals surface area (Å²) >= 11 is 2.56. The first kappa shape index (κ1) is 41.8. The first-order valence-electron chi connectivity index (χ1n) is 18.5. The normalized spacial score (nSPS) is 16.5. The van der Waals surface area contributed by atoms with Crippen LogP contribution in [0.4, 0.5) is 0 Å². The highest BCUT2D eigenvalue weighted by Gasteiger charge is 2.59. The molecular formula is C43H45N4O6PS2Si. The van der Waals surface area contributed by atoms with E-state index in [1.807, 2.05) is 130 Å². The van der Waals surface area contributed by atoms with Crippen molar-refractivity contribution in [2.24, 2.45) is 11.8 Å². The Morgan fingerprint density at radius 3 is 1.95 bits per heavy atom. The van der Waals surface area contributed by atoms with E-state index in [1.54, 1.807) is 24.8 Å². The van der Waals surface area contributed by atoms with Crippen molar-refractivity contribution in [2.75, 3.05) is 12.9 Å². The van der Waals surface area contributed by atoms with E-state index in [9.17, 15) is 10.1 Å². The minimum atomic E-state index is -3.31. The monoisotopic (exact) mass is 836 g/mol. The van der Waals surface area contributed by atoms with Gasteiger partial charge in [-0.15, -0.1) is 10.2 Å². The zero-order valence-corrected chi connectivity index (χ0v) is 36.0. The van der Waals surface area contributed by atoms with Crippen LogP contribution in [0.1, 0.15) is 18.9 Å². The van der Waals surface area contributed by atoms with Gasteiger partial charge in [-0.05, 0) is 60.2 Å². The summed E-state index contributed by atoms with van der Waals surface area (Å²) < 4.78 is 18.8. The van der Waals surface area contributed by atoms with Crippen molar-refractivity contribution in [3.8, 4) is 11.8 Å². The molecule has 1 aromatic heterocycles. The maximum atomic E-state index is 15.4. The van der Waals surface area contributed by atoms with Gasteiger partial charge in [-0.1, -0.05) is 126 Å². The molecule has 1 saturated heterocycles. The number of esters is 1. The molecular weight excluding hydrogens is 792 g/mol. The van der Waals surface area contributed by atoms with E-state index < -0.39 is 45.2 Å². The smallest absolute Gasteiger partial charge is 0.356 e. The van der Waals surface area contributed by atoms with Gasteiger partial charge in [0, 0.05) is 13.3 Å². The van der Waals surface area contributed by atoms with Gasteiger partial charge in [-0.25, -0.2) is 4.79 Å². The number of Topliss-reactive ketones (excluding diaryl/α,β-unsaturated/α-hetero) is 1. The lowest BCUT2D eigenvalue weighted by Crippen LogP contribution is -2.71. The maximum absolute atomic E-state index is 15.4. The van der Waals surface area contributed by atoms with Crippen LogP contribution < -0.4 is 20.7 Å². The standard InChI is InChI=1S/C43H45N4O6PS2Si/c1-30(53-57(3,4)5)38-39(36(25-26-44)37(48)28-55-43-46-45-29-56-43)47(40(38)49)41(42(50)52-27-31-21-23-32(51-2)24-22-31)54(33-15-9-6-10-16-33,34-17-11-7-12-18-34)35-19-13-8-14-20-35/h6-24,29-30,36,38-39H,25,27-28H2,1-5H3/t30-,36-,38-,39-/m1/s1. The highest BCUT2D eigenvalue weighted by molar-refractivity contribution is 8.01. The quantitative estimate of drug-likeness (QED) is 0.0329. The van der Waals surface area contributed by atoms with Crippen LogP contribution in [0.25, 0.3) is 0 Å². The third-order valence-corrected chi connectivity index (χ3v) is 16.9. The van der Waals surface area contributed by atoms with Crippen molar-refractivity contribution in [3.05, 3.63) is 126 Å². The number of ether oxygens (including phenoxy) is 2. The van der Waals surface area contributed by atoms with Crippen molar-refractivity contribution in [1.29, 1.82) is 5.26 Å². The number of aromatic nitrogens is 2. The lowest BCUT2D eigenvalue weighted by atomic mass is 9.73. The third-order valence-electron chi connectivity index (χ3n) is 9.74. The molecule has 14 heteroatoms. The topological polar surface area (TPSA) is 132 Å². The van der Waals surface area contributed by atoms with Gasteiger partial charge < -0.3 is 18.8 Å². The predicted molar refractivity (Wildman–Crippen MR) is 230 cm³/mol. The molecule has 5 aromatic rings. The number of methoxy groups -OCH3 is 1. The van der Waals surface area contributed by atoms with Gasteiger partial charge >= 0.3 is 5.97 Å². The summed E-state index contributed by atoms with van der Waals surface area (Å²) in [4.78, 5) is 46.6. The van der Waals surface area contributed by atoms with Crippen LogP contribution in [0.5, 0.6) is 5.75 Å². The fourth-order valence-corrected chi connectivity index (χ4v) is 14.5. The molecule has 0 bridgehead atoms. The highest BCUT2D eigenvalue weighted by Crippen LogP contribution is 2.51. The second-order valence-corrected chi connectivity index (χ2v) is 24.3. The number of amides is 1. The van der Waals surface area contributed by atoms with E-state index in [4.69, 9.17) is 13.9 Å². The number of nitriles is 1. The van der Waals surface area contributed by atoms with Crippen LogP contribution in [-0.2, 0) is 30.2 Å². The van der Waals surface area contributed by atoms with Gasteiger partial charge in [0.1, 0.15) is 29.1 Å². The summed E-state index contributed by atoms with van der Waals surface area (Å²) in [7, 11) is -0.636. The largest absolute Gasteiger partial charge is 0.497 e. The number of rotatable bonds is 17. The average molecular weight is 837 g/mol. The van der Waals surface area contributed by atoms with Crippen molar-refractivity contribution in [1.82, 2.24) is 15.1 Å². The number of carbonyl (C=O) groups is 3. The van der Waals surface area contributed by atoms with Gasteiger partial charge in [0.05, 0.1) is 42.9 Å². The van der Waals surface area contributed by atoms with Crippen LogP contribution in [0.15, 0.2) is 125 Å². The number of benzene rings is 4. The molecule has 6 rings (SSSR count). The molecule has 10 nitrogen and oxygen atoms in total. The van der Waals surface area contributed by atoms with Gasteiger partial charge in [0.2, 0.25) is 5.91 Å². The molecule has 0 unspecified atom stereocenters. The molecule has 57 heavy (non-hydrogen) atoms. The number of carbonyl (C=O) groups excluding carboxylic acids is 3. The fourth-order valence-electron chi connectivity index (χ4n) is 7.41. The number of ketones is 1. The Hall–Kier alpha value is -4.83. The summed E-state index contributed by atoms with van der Waals surface area (Å²) in [6, 6.07) is 37.7. The van der Waals surface area contributed by atoms with Gasteiger partial charge in [0.15, 0.2) is 12.7 Å². The van der Waals surface area contributed by atoms with Crippen molar-refractivity contribution in [2.45, 2.75) is 56.1 Å². The van der Waals surface area contributed by atoms with E-state index >= 15 is 9.59 Å². The first-order chi connectivity index (χ1) is 27.5. The van der Waals surface area contributed by atoms with Crippen LogP contribution in [-0.4, -0.2) is 71.5 Å². The number of β-lactam (4-membered cyclic amide) rings is 1. The molecule has 1 amide bonds. The summed E-state index contributed by atoms with van der Waals surface area (Å²) in [6.45, 7) is 4.58. The number of likely N-dealkylation sites (tertiary alicyclic amines) is 1. The highest BCUT2D eigenvalue weighted by atomic mass is 32.2. The zero-order valence-electron chi connectivity index (χ0n) is 32.5. The van der Waals surface area contributed by atoms with E-state index in [-0.39, 0.29) is 35.9 Å². The number of hydrogen-bond acceptors (Lipinski definition) is 11. The van der Waals surface area contributed by atoms with Crippen LogP contribution in [0.3, 0.4) is 0 Å². The molecule has 1 fully saturated rings. The lowest BCUT2D eigenvalue weighted by molar-refractivity contribution is -0.161. The predicted octanol–water partition coefficient (Wildman–Crippen LogP) is 6.67. The molecule has 1 aliphatic heterocycles. The lowest BCUT2D eigenvalue weighted by Gasteiger charge is -2.54. The summed E-state index contributed by atoms with van der Waals surface area (Å²) in [5, 5.41) is 20.7. The molecule has 1 aliphatic rings. The van der Waals surface area contributed by atoms with Crippen LogP contribution in [0, 0.1) is 23.2 Å². The van der Waals surface area contributed by atoms with Gasteiger partial charge in [-0.2, -0.15) is 5.26 Å². The van der Waals surface area contributed by atoms with E-state index in [0.29, 0.717) is 10.1 Å². The number of nitrogens with zero attached hydrogens (tertiary/aromatic N) is 4. The Morgan fingerprint density at radius 2 is 1.47 bits per heavy atom.